The molecule has 0 spiro atoms. The molecule has 6 rings (SSSR count). The molecular formula is C55H72N4O6. The van der Waals surface area contributed by atoms with Crippen LogP contribution in [0, 0.1) is 29.6 Å². The van der Waals surface area contributed by atoms with E-state index in [0.717, 1.165) is 65.5 Å². The summed E-state index contributed by atoms with van der Waals surface area (Å²) in [5.74, 6) is -0.824. The molecule has 5 atom stereocenters. The van der Waals surface area contributed by atoms with E-state index in [2.05, 4.69) is 48.1 Å². The molecule has 0 aromatic carbocycles. The average molecular weight is 885 g/mol. The summed E-state index contributed by atoms with van der Waals surface area (Å²) < 4.78 is 10.9. The molecule has 1 N–H and O–H groups in total. The third-order valence-electron chi connectivity index (χ3n) is 14.3. The van der Waals surface area contributed by atoms with E-state index < -0.39 is 23.3 Å². The second-order valence-corrected chi connectivity index (χ2v) is 19.6. The van der Waals surface area contributed by atoms with Crippen molar-refractivity contribution < 1.29 is 29.0 Å². The second-order valence-electron chi connectivity index (χ2n) is 19.6. The van der Waals surface area contributed by atoms with Crippen LogP contribution in [-0.2, 0) is 23.9 Å². The molecule has 0 unspecified atom stereocenters. The fraction of sp³-hybridized carbons (Fsp3) is 0.545. The van der Waals surface area contributed by atoms with Gasteiger partial charge in [0.1, 0.15) is 6.61 Å². The largest absolute Gasteiger partial charge is 0.466 e. The highest BCUT2D eigenvalue weighted by Gasteiger charge is 2.62. The van der Waals surface area contributed by atoms with Gasteiger partial charge in [0.15, 0.2) is 0 Å². The number of rotatable bonds is 20. The zero-order valence-corrected chi connectivity index (χ0v) is 41.0. The Kier molecular flexibility index (Phi) is 16.0. The van der Waals surface area contributed by atoms with Gasteiger partial charge in [-0.05, 0) is 118 Å². The molecular weight excluding hydrogens is 813 g/mol. The second kappa shape index (κ2) is 21.0. The zero-order chi connectivity index (χ0) is 47.3. The van der Waals surface area contributed by atoms with Gasteiger partial charge >= 0.3 is 11.9 Å². The van der Waals surface area contributed by atoms with Crippen LogP contribution in [0.3, 0.4) is 0 Å². The topological polar surface area (TPSA) is 139 Å². The Morgan fingerprint density at radius 3 is 2.11 bits per heavy atom. The van der Waals surface area contributed by atoms with Crippen LogP contribution in [0.4, 0.5) is 0 Å². The molecule has 0 amide bonds. The first-order chi connectivity index (χ1) is 30.9. The fourth-order valence-corrected chi connectivity index (χ4v) is 10.1. The molecule has 1 saturated carbocycles. The van der Waals surface area contributed by atoms with Crippen molar-refractivity contribution in [3.8, 4) is 0 Å². The molecule has 0 radical (unpaired) electrons. The van der Waals surface area contributed by atoms with Crippen LogP contribution in [0.2, 0.25) is 0 Å². The van der Waals surface area contributed by atoms with Gasteiger partial charge in [0.05, 0.1) is 58.2 Å². The highest BCUT2D eigenvalue weighted by Crippen LogP contribution is 2.49. The van der Waals surface area contributed by atoms with Crippen molar-refractivity contribution in [1.82, 2.24) is 0 Å². The van der Waals surface area contributed by atoms with Gasteiger partial charge in [-0.3, -0.25) is 14.6 Å². The number of nitrogens with zero attached hydrogens (tertiary/aromatic N) is 4. The summed E-state index contributed by atoms with van der Waals surface area (Å²) in [5, 5.41) is 12.3. The number of ether oxygens (including phenoxy) is 2. The highest BCUT2D eigenvalue weighted by molar-refractivity contribution is 6.46. The SMILES string of the molecule is C=CC1=C(C)C2=CC3=NC(=C4C5=NC(=CC6=NC(=CC1=N2)C(C)=C6CC)C(C)=C5C(=O)[C@@]4(O)C(=O)OC)[C@@H](CCC(=O)OCC=C(C)CCC[C@@H](C)CCC[C@@H](C)CCCC(C)C)[C@@H]3C. The summed E-state index contributed by atoms with van der Waals surface area (Å²) in [5.41, 5.74) is 7.53. The van der Waals surface area contributed by atoms with Crippen molar-refractivity contribution in [1.29, 1.82) is 0 Å². The van der Waals surface area contributed by atoms with Gasteiger partial charge in [0.25, 0.3) is 5.60 Å². The monoisotopic (exact) mass is 885 g/mol. The van der Waals surface area contributed by atoms with Gasteiger partial charge in [-0.1, -0.05) is 105 Å². The first kappa shape index (κ1) is 49.3. The van der Waals surface area contributed by atoms with E-state index in [-0.39, 0.29) is 48.2 Å². The van der Waals surface area contributed by atoms with Gasteiger partial charge in [0.2, 0.25) is 5.78 Å². The minimum absolute atomic E-state index is 0.0108. The van der Waals surface area contributed by atoms with Crippen molar-refractivity contribution in [3.63, 3.8) is 0 Å². The van der Waals surface area contributed by atoms with Crippen molar-refractivity contribution in [2.24, 2.45) is 49.6 Å². The number of esters is 2. The lowest BCUT2D eigenvalue weighted by atomic mass is 9.82. The van der Waals surface area contributed by atoms with Crippen molar-refractivity contribution in [3.05, 3.63) is 104 Å². The predicted molar refractivity (Wildman–Crippen MR) is 263 cm³/mol. The number of hydrogen-bond acceptors (Lipinski definition) is 10. The molecule has 10 nitrogen and oxygen atoms in total. The number of ketones is 1. The maximum atomic E-state index is 14.4. The number of Topliss-reactive ketones (excluding diaryl/α,β-unsaturated/α-hetero) is 1. The van der Waals surface area contributed by atoms with E-state index in [9.17, 15) is 19.5 Å². The van der Waals surface area contributed by atoms with E-state index in [1.165, 1.54) is 50.5 Å². The molecule has 1 fully saturated rings. The fourth-order valence-electron chi connectivity index (χ4n) is 10.1. The standard InChI is InChI=1S/C55H72N4O6/c1-13-39-35(8)42-28-44-37(10)41(24-25-48(60)65-27-26-34(7)23-17-22-33(6)21-16-20-32(5)19-15-18-31(3)4)51(58-44)50-52-49(53(61)55(50,63)54(62)64-12)38(11)45(59-52)30-47-40(14-2)36(9)43(57-47)29-46(39)56-42/h13,26,28-33,37,41,63H,1,14-25,27H2,2-12H3/t32-,33-,37-,41-,55+/m0/s1. The lowest BCUT2D eigenvalue weighted by Gasteiger charge is -2.24. The van der Waals surface area contributed by atoms with Crippen LogP contribution in [0.5, 0.6) is 0 Å². The Balaban J connectivity index is 1.22. The number of allylic oxidation sites excluding steroid dienone is 11. The molecule has 1 aliphatic carbocycles. The van der Waals surface area contributed by atoms with Crippen LogP contribution in [-0.4, -0.2) is 65.0 Å². The van der Waals surface area contributed by atoms with E-state index in [1.54, 1.807) is 13.0 Å². The molecule has 348 valence electrons. The van der Waals surface area contributed by atoms with E-state index >= 15 is 0 Å². The Hall–Kier alpha value is -5.09. The van der Waals surface area contributed by atoms with E-state index in [0.29, 0.717) is 46.4 Å². The van der Waals surface area contributed by atoms with Gasteiger partial charge in [-0.25, -0.2) is 19.8 Å². The van der Waals surface area contributed by atoms with Crippen LogP contribution >= 0.6 is 0 Å². The highest BCUT2D eigenvalue weighted by atomic mass is 16.5. The summed E-state index contributed by atoms with van der Waals surface area (Å²) in [4.78, 5) is 61.7. The Labute approximate surface area is 387 Å². The summed E-state index contributed by atoms with van der Waals surface area (Å²) in [6.07, 6.45) is 21.7. The molecule has 5 heterocycles. The Morgan fingerprint density at radius 1 is 0.846 bits per heavy atom. The molecule has 10 heteroatoms. The molecule has 8 bridgehead atoms. The first-order valence-corrected chi connectivity index (χ1v) is 24.1. The summed E-state index contributed by atoms with van der Waals surface area (Å²) in [6, 6.07) is 0. The molecule has 0 aromatic heterocycles. The van der Waals surface area contributed by atoms with Crippen LogP contribution in [0.15, 0.2) is 124 Å². The number of carbonyl (C=O) groups excluding carboxylic acids is 3. The van der Waals surface area contributed by atoms with E-state index in [1.807, 2.05) is 45.1 Å². The summed E-state index contributed by atoms with van der Waals surface area (Å²) >= 11 is 0. The van der Waals surface area contributed by atoms with E-state index in [4.69, 9.17) is 29.4 Å². The van der Waals surface area contributed by atoms with Crippen molar-refractivity contribution >= 4 is 40.6 Å². The van der Waals surface area contributed by atoms with Gasteiger partial charge in [-0.15, -0.1) is 0 Å². The summed E-state index contributed by atoms with van der Waals surface area (Å²) in [7, 11) is 1.14. The first-order valence-electron chi connectivity index (χ1n) is 24.1. The maximum absolute atomic E-state index is 14.4. The zero-order valence-electron chi connectivity index (χ0n) is 41.0. The summed E-state index contributed by atoms with van der Waals surface area (Å²) in [6.45, 7) is 25.6. The maximum Gasteiger partial charge on any atom is 0.351 e. The predicted octanol–water partition coefficient (Wildman–Crippen LogP) is 11.7. The average Bonchev–Trinajstić information content (AvgIpc) is 3.99. The minimum Gasteiger partial charge on any atom is -0.466 e. The van der Waals surface area contributed by atoms with Gasteiger partial charge in [-0.2, -0.15) is 0 Å². The molecule has 0 saturated heterocycles. The van der Waals surface area contributed by atoms with Crippen LogP contribution in [0.1, 0.15) is 146 Å². The lowest BCUT2D eigenvalue weighted by molar-refractivity contribution is -0.161. The Bertz CT molecular complexity index is 2380. The lowest BCUT2D eigenvalue weighted by Crippen LogP contribution is -2.46. The normalized spacial score (nSPS) is 23.7. The van der Waals surface area contributed by atoms with Crippen molar-refractivity contribution in [2.75, 3.05) is 13.7 Å². The molecule has 5 aliphatic heterocycles. The number of methoxy groups -OCH3 is 1. The van der Waals surface area contributed by atoms with Crippen LogP contribution in [0.25, 0.3) is 0 Å². The number of aliphatic imine (C=N–C) groups is 4. The molecule has 6 aliphatic rings. The number of aliphatic hydroxyl groups is 1. The molecule has 65 heavy (non-hydrogen) atoms. The third kappa shape index (κ3) is 10.3. The van der Waals surface area contributed by atoms with Gasteiger partial charge in [0, 0.05) is 29.5 Å². The number of carbonyl (C=O) groups is 3. The van der Waals surface area contributed by atoms with Crippen molar-refractivity contribution in [2.45, 2.75) is 152 Å². The quantitative estimate of drug-likeness (QED) is 0.0733. The number of hydrogen-bond donors (Lipinski definition) is 1. The Morgan fingerprint density at radius 2 is 1.46 bits per heavy atom. The smallest absolute Gasteiger partial charge is 0.351 e. The van der Waals surface area contributed by atoms with Gasteiger partial charge < -0.3 is 14.6 Å². The van der Waals surface area contributed by atoms with Crippen LogP contribution < -0.4 is 0 Å². The minimum atomic E-state index is -2.69. The number of fused-ring (bicyclic) bond motifs is 4. The third-order valence-corrected chi connectivity index (χ3v) is 14.3. The molecule has 0 aromatic rings.